The third-order valence-electron chi connectivity index (χ3n) is 5.98. The summed E-state index contributed by atoms with van der Waals surface area (Å²) in [6.07, 6.45) is 5.43. The molecule has 5 rings (SSSR count). The third kappa shape index (κ3) is 5.54. The fourth-order valence-corrected chi connectivity index (χ4v) is 4.22. The van der Waals surface area contributed by atoms with Crippen LogP contribution in [0.4, 0.5) is 5.69 Å². The number of hydrogen-bond acceptors (Lipinski definition) is 7. The van der Waals surface area contributed by atoms with Crippen LogP contribution in [0.25, 0.3) is 22.0 Å². The van der Waals surface area contributed by atoms with E-state index in [9.17, 15) is 4.79 Å². The summed E-state index contributed by atoms with van der Waals surface area (Å²) < 4.78 is 5.45. The first kappa shape index (κ1) is 23.1. The number of benzene rings is 1. The molecule has 0 spiro atoms. The molecule has 0 unspecified atom stereocenters. The third-order valence-corrected chi connectivity index (χ3v) is 5.98. The summed E-state index contributed by atoms with van der Waals surface area (Å²) in [4.78, 5) is 26.3. The minimum absolute atomic E-state index is 0.283. The van der Waals surface area contributed by atoms with Gasteiger partial charge in [-0.25, -0.2) is 0 Å². The van der Waals surface area contributed by atoms with E-state index in [1.165, 1.54) is 0 Å². The van der Waals surface area contributed by atoms with E-state index >= 15 is 0 Å². The van der Waals surface area contributed by atoms with Crippen LogP contribution in [-0.4, -0.2) is 76.3 Å². The molecule has 4 heterocycles. The second-order valence-corrected chi connectivity index (χ2v) is 9.03. The molecule has 0 radical (unpaired) electrons. The molecule has 1 amide bonds. The molecule has 1 aliphatic rings. The highest BCUT2D eigenvalue weighted by Gasteiger charge is 2.16. The molecule has 0 aliphatic carbocycles. The van der Waals surface area contributed by atoms with E-state index in [0.29, 0.717) is 11.4 Å². The van der Waals surface area contributed by atoms with Crippen molar-refractivity contribution in [2.24, 2.45) is 0 Å². The molecule has 3 aromatic heterocycles. The number of H-pyrrole nitrogens is 1. The maximum Gasteiger partial charge on any atom is 0.276 e. The van der Waals surface area contributed by atoms with E-state index in [4.69, 9.17) is 4.74 Å². The topological polar surface area (TPSA) is 99.3 Å². The highest BCUT2D eigenvalue weighted by atomic mass is 16.5. The van der Waals surface area contributed by atoms with E-state index in [1.807, 2.05) is 61.7 Å². The van der Waals surface area contributed by atoms with Gasteiger partial charge in [0.2, 0.25) is 0 Å². The first-order chi connectivity index (χ1) is 17.0. The second kappa shape index (κ2) is 10.3. The van der Waals surface area contributed by atoms with Crippen LogP contribution in [0.2, 0.25) is 0 Å². The summed E-state index contributed by atoms with van der Waals surface area (Å²) in [5, 5.41) is 10.9. The Morgan fingerprint density at radius 2 is 1.94 bits per heavy atom. The zero-order chi connectivity index (χ0) is 24.2. The first-order valence-electron chi connectivity index (χ1n) is 11.7. The Morgan fingerprint density at radius 3 is 2.71 bits per heavy atom. The van der Waals surface area contributed by atoms with Crippen molar-refractivity contribution < 1.29 is 9.53 Å². The quantitative estimate of drug-likeness (QED) is 0.427. The molecule has 1 aliphatic heterocycles. The van der Waals surface area contributed by atoms with Gasteiger partial charge in [0.05, 0.1) is 36.3 Å². The molecule has 1 aromatic carbocycles. The normalized spacial score (nSPS) is 14.5. The zero-order valence-electron chi connectivity index (χ0n) is 20.0. The van der Waals surface area contributed by atoms with Crippen molar-refractivity contribution in [1.82, 2.24) is 30.0 Å². The van der Waals surface area contributed by atoms with Crippen LogP contribution < -0.4 is 5.32 Å². The molecule has 4 aromatic rings. The van der Waals surface area contributed by atoms with Crippen molar-refractivity contribution in [2.75, 3.05) is 45.7 Å². The van der Waals surface area contributed by atoms with Gasteiger partial charge in [-0.2, -0.15) is 5.10 Å². The number of morpholine rings is 1. The van der Waals surface area contributed by atoms with E-state index in [1.54, 1.807) is 6.20 Å². The Balaban J connectivity index is 1.35. The summed E-state index contributed by atoms with van der Waals surface area (Å²) >= 11 is 0. The van der Waals surface area contributed by atoms with Gasteiger partial charge in [-0.3, -0.25) is 24.8 Å². The molecule has 2 N–H and O–H groups in total. The number of nitrogens with zero attached hydrogens (tertiary/aromatic N) is 5. The van der Waals surface area contributed by atoms with E-state index < -0.39 is 0 Å². The summed E-state index contributed by atoms with van der Waals surface area (Å²) in [6, 6.07) is 11.9. The van der Waals surface area contributed by atoms with Gasteiger partial charge in [-0.05, 0) is 55.6 Å². The molecule has 1 fully saturated rings. The van der Waals surface area contributed by atoms with Crippen molar-refractivity contribution in [3.05, 3.63) is 71.9 Å². The predicted octanol–water partition coefficient (Wildman–Crippen LogP) is 3.17. The standard InChI is InChI=1S/C26H29N7O2/c1-32(2)17-22-5-4-21(15-28-22)29-26(34)25-23-12-19(3-6-24(23)30-31-25)20-11-18(13-27-14-20)16-33-7-9-35-10-8-33/h3-6,11-15H,7-10,16-17H2,1-2H3,(H,29,34)(H,30,31). The Kier molecular flexibility index (Phi) is 6.80. The number of carbonyl (C=O) groups is 1. The van der Waals surface area contributed by atoms with E-state index in [0.717, 1.165) is 72.7 Å². The molecule has 180 valence electrons. The van der Waals surface area contributed by atoms with Crippen LogP contribution in [0.15, 0.2) is 55.0 Å². The van der Waals surface area contributed by atoms with Crippen molar-refractivity contribution >= 4 is 22.5 Å². The molecule has 1 saturated heterocycles. The largest absolute Gasteiger partial charge is 0.379 e. The lowest BCUT2D eigenvalue weighted by atomic mass is 10.0. The molecule has 0 bridgehead atoms. The minimum Gasteiger partial charge on any atom is -0.379 e. The zero-order valence-corrected chi connectivity index (χ0v) is 20.0. The van der Waals surface area contributed by atoms with Gasteiger partial charge in [0.15, 0.2) is 5.69 Å². The second-order valence-electron chi connectivity index (χ2n) is 9.03. The molecule has 0 atom stereocenters. The van der Waals surface area contributed by atoms with Crippen molar-refractivity contribution in [2.45, 2.75) is 13.1 Å². The Hall–Kier alpha value is -3.66. The lowest BCUT2D eigenvalue weighted by Crippen LogP contribution is -2.35. The number of fused-ring (bicyclic) bond motifs is 1. The van der Waals surface area contributed by atoms with Crippen LogP contribution in [-0.2, 0) is 17.8 Å². The average Bonchev–Trinajstić information content (AvgIpc) is 3.29. The van der Waals surface area contributed by atoms with Crippen molar-refractivity contribution in [1.29, 1.82) is 0 Å². The summed E-state index contributed by atoms with van der Waals surface area (Å²) in [7, 11) is 3.98. The highest BCUT2D eigenvalue weighted by Crippen LogP contribution is 2.26. The fourth-order valence-electron chi connectivity index (χ4n) is 4.22. The van der Waals surface area contributed by atoms with Gasteiger partial charge in [0, 0.05) is 49.5 Å². The molecular formula is C26H29N7O2. The monoisotopic (exact) mass is 471 g/mol. The molecule has 0 saturated carbocycles. The number of aromatic amines is 1. The lowest BCUT2D eigenvalue weighted by Gasteiger charge is -2.26. The number of carbonyl (C=O) groups excluding carboxylic acids is 1. The Morgan fingerprint density at radius 1 is 1.09 bits per heavy atom. The van der Waals surface area contributed by atoms with Crippen LogP contribution >= 0.6 is 0 Å². The van der Waals surface area contributed by atoms with Gasteiger partial charge in [-0.15, -0.1) is 0 Å². The number of amides is 1. The average molecular weight is 472 g/mol. The molecule has 35 heavy (non-hydrogen) atoms. The SMILES string of the molecule is CN(C)Cc1ccc(NC(=O)c2n[nH]c3ccc(-c4cncc(CN5CCOCC5)c4)cc23)cn1. The fraction of sp³-hybridized carbons (Fsp3) is 0.308. The van der Waals surface area contributed by atoms with Gasteiger partial charge >= 0.3 is 0 Å². The van der Waals surface area contributed by atoms with Gasteiger partial charge < -0.3 is 15.0 Å². The molecule has 9 nitrogen and oxygen atoms in total. The maximum atomic E-state index is 13.0. The Labute approximate surface area is 204 Å². The van der Waals surface area contributed by atoms with Gasteiger partial charge in [-0.1, -0.05) is 6.07 Å². The first-order valence-corrected chi connectivity index (χ1v) is 11.7. The number of ether oxygens (including phenoxy) is 1. The number of nitrogens with one attached hydrogen (secondary N) is 2. The van der Waals surface area contributed by atoms with Crippen LogP contribution in [0.3, 0.4) is 0 Å². The lowest BCUT2D eigenvalue weighted by molar-refractivity contribution is 0.0341. The number of rotatable bonds is 7. The van der Waals surface area contributed by atoms with Crippen LogP contribution in [0, 0.1) is 0 Å². The van der Waals surface area contributed by atoms with Crippen molar-refractivity contribution in [3.8, 4) is 11.1 Å². The molecule has 9 heteroatoms. The summed E-state index contributed by atoms with van der Waals surface area (Å²) in [6.45, 7) is 4.97. The molecular weight excluding hydrogens is 442 g/mol. The van der Waals surface area contributed by atoms with E-state index in [-0.39, 0.29) is 5.91 Å². The number of anilines is 1. The number of pyridine rings is 2. The smallest absolute Gasteiger partial charge is 0.276 e. The minimum atomic E-state index is -0.283. The van der Waals surface area contributed by atoms with Crippen LogP contribution in [0.1, 0.15) is 21.7 Å². The van der Waals surface area contributed by atoms with Crippen molar-refractivity contribution in [3.63, 3.8) is 0 Å². The van der Waals surface area contributed by atoms with Gasteiger partial charge in [0.1, 0.15) is 0 Å². The van der Waals surface area contributed by atoms with E-state index in [2.05, 4.69) is 36.4 Å². The summed E-state index contributed by atoms with van der Waals surface area (Å²) in [5.41, 5.74) is 5.86. The Bertz CT molecular complexity index is 1310. The highest BCUT2D eigenvalue weighted by molar-refractivity contribution is 6.11. The number of aromatic nitrogens is 4. The maximum absolute atomic E-state index is 13.0. The van der Waals surface area contributed by atoms with Crippen LogP contribution in [0.5, 0.6) is 0 Å². The number of hydrogen-bond donors (Lipinski definition) is 2. The summed E-state index contributed by atoms with van der Waals surface area (Å²) in [5.74, 6) is -0.283. The predicted molar refractivity (Wildman–Crippen MR) is 135 cm³/mol. The van der Waals surface area contributed by atoms with Gasteiger partial charge in [0.25, 0.3) is 5.91 Å².